The predicted molar refractivity (Wildman–Crippen MR) is 194 cm³/mol. The molecule has 0 saturated heterocycles. The van der Waals surface area contributed by atoms with E-state index in [0.29, 0.717) is 12.8 Å². The Labute approximate surface area is 292 Å². The van der Waals surface area contributed by atoms with Crippen molar-refractivity contribution >= 4 is 27.1 Å². The summed E-state index contributed by atoms with van der Waals surface area (Å²) in [5.74, 6) is -1.58. The molecule has 0 spiro atoms. The molecular formula is C36H72O10P2. The van der Waals surface area contributed by atoms with E-state index in [1.165, 1.54) is 103 Å². The highest BCUT2D eigenvalue weighted by Crippen LogP contribution is 2.55. The Bertz CT molecular complexity index is 888. The van der Waals surface area contributed by atoms with Gasteiger partial charge in [0.25, 0.3) is 0 Å². The standard InChI is InChI=1S/C36H72O10P2/c1-3-5-7-9-11-13-15-17-19-21-23-25-27-29-34(37)45-33-36(48(42,43)44,31-32-47(39,40)41)46-35(38)30-28-26-24-22-20-18-16-14-12-10-8-6-4-2/h3-33H2,1-2H3,(H2,39,40,41)(H2,42,43,44). The molecule has 1 unspecified atom stereocenters. The second kappa shape index (κ2) is 29.9. The Hall–Kier alpha value is -0.760. The van der Waals surface area contributed by atoms with E-state index >= 15 is 0 Å². The van der Waals surface area contributed by atoms with Gasteiger partial charge in [-0.3, -0.25) is 18.7 Å². The van der Waals surface area contributed by atoms with Gasteiger partial charge in [0, 0.05) is 19.3 Å². The van der Waals surface area contributed by atoms with Crippen LogP contribution in [0, 0.1) is 0 Å². The van der Waals surface area contributed by atoms with Crippen molar-refractivity contribution in [2.24, 2.45) is 0 Å². The second-order valence-electron chi connectivity index (χ2n) is 13.7. The first-order chi connectivity index (χ1) is 22.9. The average molecular weight is 727 g/mol. The van der Waals surface area contributed by atoms with Crippen LogP contribution in [0.3, 0.4) is 0 Å². The SMILES string of the molecule is CCCCCCCCCCCCCCCC(=O)OCC(CCP(=O)(O)O)(OC(=O)CCCCCCCCCCCCCCC)P(=O)(O)O. The number of esters is 2. The first-order valence-electron chi connectivity index (χ1n) is 19.3. The Morgan fingerprint density at radius 2 is 0.812 bits per heavy atom. The lowest BCUT2D eigenvalue weighted by atomic mass is 10.0. The van der Waals surface area contributed by atoms with Gasteiger partial charge in [-0.15, -0.1) is 0 Å². The van der Waals surface area contributed by atoms with Crippen LogP contribution in [0.5, 0.6) is 0 Å². The van der Waals surface area contributed by atoms with Crippen molar-refractivity contribution in [1.82, 2.24) is 0 Å². The van der Waals surface area contributed by atoms with E-state index in [4.69, 9.17) is 9.47 Å². The van der Waals surface area contributed by atoms with Gasteiger partial charge in [0.15, 0.2) is 0 Å². The van der Waals surface area contributed by atoms with Crippen molar-refractivity contribution in [3.8, 4) is 0 Å². The van der Waals surface area contributed by atoms with Crippen molar-refractivity contribution < 1.29 is 47.8 Å². The van der Waals surface area contributed by atoms with E-state index in [1.807, 2.05) is 0 Å². The van der Waals surface area contributed by atoms with Crippen molar-refractivity contribution in [2.45, 2.75) is 205 Å². The lowest BCUT2D eigenvalue weighted by Crippen LogP contribution is -2.41. The molecule has 0 heterocycles. The van der Waals surface area contributed by atoms with Crippen LogP contribution in [-0.4, -0.2) is 49.6 Å². The van der Waals surface area contributed by atoms with E-state index in [1.54, 1.807) is 0 Å². The van der Waals surface area contributed by atoms with Crippen LogP contribution in [-0.2, 0) is 28.2 Å². The topological polar surface area (TPSA) is 168 Å². The summed E-state index contributed by atoms with van der Waals surface area (Å²) in [5.41, 5.74) is 0. The molecule has 48 heavy (non-hydrogen) atoms. The molecule has 286 valence electrons. The second-order valence-corrected chi connectivity index (χ2v) is 17.4. The van der Waals surface area contributed by atoms with Crippen LogP contribution in [0.2, 0.25) is 0 Å². The molecule has 0 aromatic heterocycles. The van der Waals surface area contributed by atoms with E-state index in [9.17, 15) is 38.3 Å². The third-order valence-corrected chi connectivity index (χ3v) is 11.4. The van der Waals surface area contributed by atoms with Gasteiger partial charge in [-0.1, -0.05) is 168 Å². The van der Waals surface area contributed by atoms with Crippen molar-refractivity contribution in [1.29, 1.82) is 0 Å². The highest BCUT2D eigenvalue weighted by atomic mass is 31.2. The molecular weight excluding hydrogens is 654 g/mol. The molecule has 1 atom stereocenters. The van der Waals surface area contributed by atoms with E-state index < -0.39 is 51.7 Å². The summed E-state index contributed by atoms with van der Waals surface area (Å²) in [7, 11) is -9.99. The van der Waals surface area contributed by atoms with E-state index in [-0.39, 0.29) is 12.8 Å². The molecule has 4 N–H and O–H groups in total. The fraction of sp³-hybridized carbons (Fsp3) is 0.944. The number of hydrogen-bond donors (Lipinski definition) is 4. The van der Waals surface area contributed by atoms with Crippen LogP contribution in [0.4, 0.5) is 0 Å². The van der Waals surface area contributed by atoms with Gasteiger partial charge in [-0.05, 0) is 12.8 Å². The van der Waals surface area contributed by atoms with Crippen molar-refractivity contribution in [3.05, 3.63) is 0 Å². The highest BCUT2D eigenvalue weighted by molar-refractivity contribution is 7.54. The zero-order valence-electron chi connectivity index (χ0n) is 30.6. The van der Waals surface area contributed by atoms with Crippen LogP contribution in [0.15, 0.2) is 0 Å². The molecule has 0 aromatic rings. The smallest absolute Gasteiger partial charge is 0.372 e. The maximum atomic E-state index is 12.7. The van der Waals surface area contributed by atoms with E-state index in [2.05, 4.69) is 13.8 Å². The number of ether oxygens (including phenoxy) is 2. The molecule has 0 rings (SSSR count). The maximum Gasteiger partial charge on any atom is 0.372 e. The van der Waals surface area contributed by atoms with Crippen LogP contribution in [0.1, 0.15) is 200 Å². The minimum absolute atomic E-state index is 0.0421. The van der Waals surface area contributed by atoms with Crippen LogP contribution >= 0.6 is 15.2 Å². The summed E-state index contributed by atoms with van der Waals surface area (Å²) in [4.78, 5) is 64.2. The first kappa shape index (κ1) is 47.2. The zero-order valence-corrected chi connectivity index (χ0v) is 32.3. The maximum absolute atomic E-state index is 12.7. The Kier molecular flexibility index (Phi) is 29.4. The number of carbonyl (C=O) groups is 2. The largest absolute Gasteiger partial charge is 0.461 e. The lowest BCUT2D eigenvalue weighted by Gasteiger charge is -2.33. The van der Waals surface area contributed by atoms with Crippen molar-refractivity contribution in [2.75, 3.05) is 12.8 Å². The molecule has 0 aliphatic rings. The fourth-order valence-electron chi connectivity index (χ4n) is 5.86. The molecule has 0 fully saturated rings. The number of carbonyl (C=O) groups excluding carboxylic acids is 2. The summed E-state index contributed by atoms with van der Waals surface area (Å²) >= 11 is 0. The van der Waals surface area contributed by atoms with Gasteiger partial charge in [-0.2, -0.15) is 0 Å². The Balaban J connectivity index is 4.52. The van der Waals surface area contributed by atoms with Crippen molar-refractivity contribution in [3.63, 3.8) is 0 Å². The van der Waals surface area contributed by atoms with Gasteiger partial charge in [-0.25, -0.2) is 0 Å². The zero-order chi connectivity index (χ0) is 36.0. The highest BCUT2D eigenvalue weighted by Gasteiger charge is 2.52. The van der Waals surface area contributed by atoms with Gasteiger partial charge in [0.1, 0.15) is 6.61 Å². The number of unbranched alkanes of at least 4 members (excludes halogenated alkanes) is 24. The molecule has 0 bridgehead atoms. The number of rotatable bonds is 35. The quantitative estimate of drug-likeness (QED) is 0.0280. The molecule has 0 radical (unpaired) electrons. The summed E-state index contributed by atoms with van der Waals surface area (Å²) in [6.45, 7) is 3.48. The number of hydrogen-bond acceptors (Lipinski definition) is 6. The molecule has 0 aliphatic carbocycles. The Morgan fingerprint density at radius 1 is 0.500 bits per heavy atom. The molecule has 10 nitrogen and oxygen atoms in total. The van der Waals surface area contributed by atoms with Crippen LogP contribution in [0.25, 0.3) is 0 Å². The monoisotopic (exact) mass is 726 g/mol. The minimum Gasteiger partial charge on any atom is -0.461 e. The normalized spacial score (nSPS) is 13.4. The van der Waals surface area contributed by atoms with Gasteiger partial charge in [0.2, 0.25) is 5.34 Å². The summed E-state index contributed by atoms with van der Waals surface area (Å²) in [6.07, 6.45) is 27.6. The summed E-state index contributed by atoms with van der Waals surface area (Å²) < 4.78 is 34.6. The average Bonchev–Trinajstić information content (AvgIpc) is 3.02. The summed E-state index contributed by atoms with van der Waals surface area (Å²) in [5, 5.41) is -2.65. The molecule has 0 aliphatic heterocycles. The minimum atomic E-state index is -5.30. The third-order valence-electron chi connectivity index (χ3n) is 9.06. The predicted octanol–water partition coefficient (Wildman–Crippen LogP) is 10.5. The fourth-order valence-corrected chi connectivity index (χ4v) is 7.55. The molecule has 0 aromatic carbocycles. The van der Waals surface area contributed by atoms with Gasteiger partial charge < -0.3 is 29.0 Å². The Morgan fingerprint density at radius 3 is 1.12 bits per heavy atom. The molecule has 12 heteroatoms. The third kappa shape index (κ3) is 28.0. The molecule has 0 amide bonds. The lowest BCUT2D eigenvalue weighted by molar-refractivity contribution is -0.165. The van der Waals surface area contributed by atoms with Gasteiger partial charge in [0.05, 0.1) is 6.16 Å². The van der Waals surface area contributed by atoms with Gasteiger partial charge >= 0.3 is 27.1 Å². The van der Waals surface area contributed by atoms with Crippen LogP contribution < -0.4 is 0 Å². The first-order valence-corrected chi connectivity index (χ1v) is 22.8. The summed E-state index contributed by atoms with van der Waals surface area (Å²) in [6, 6.07) is 0. The molecule has 0 saturated carbocycles. The van der Waals surface area contributed by atoms with E-state index in [0.717, 1.165) is 51.4 Å².